The molecule has 16 heteroatoms. The number of rotatable bonds is 23. The van der Waals surface area contributed by atoms with Crippen molar-refractivity contribution in [2.24, 2.45) is 5.92 Å². The quantitative estimate of drug-likeness (QED) is 0.0659. The van der Waals surface area contributed by atoms with E-state index < -0.39 is 52.9 Å². The van der Waals surface area contributed by atoms with E-state index in [1.807, 2.05) is 0 Å². The summed E-state index contributed by atoms with van der Waals surface area (Å²) in [5.74, 6) is -2.62. The number of likely N-dealkylation sites (tertiary alicyclic amines) is 1. The van der Waals surface area contributed by atoms with Crippen LogP contribution in [0.1, 0.15) is 126 Å². The molecular formula is C41H67N5O10S. The molecule has 0 saturated carbocycles. The van der Waals surface area contributed by atoms with E-state index in [0.717, 1.165) is 12.8 Å². The number of benzene rings is 1. The summed E-state index contributed by atoms with van der Waals surface area (Å²) in [7, 11) is 0. The number of carboxylic acid groups (broad SMARTS) is 1. The molecule has 1 heterocycles. The van der Waals surface area contributed by atoms with Gasteiger partial charge >= 0.3 is 6.16 Å². The Labute approximate surface area is 342 Å². The Hall–Kier alpha value is -4.18. The first-order valence-electron chi connectivity index (χ1n) is 20.0. The minimum atomic E-state index is -1.39. The molecule has 0 bridgehead atoms. The molecule has 0 radical (unpaired) electrons. The molecular weight excluding hydrogens is 755 g/mol. The molecule has 0 spiro atoms. The molecule has 1 aliphatic heterocycles. The van der Waals surface area contributed by atoms with Crippen LogP contribution in [0.2, 0.25) is 0 Å². The maximum absolute atomic E-state index is 13.1. The number of unbranched alkanes of at least 4 members (excludes halogenated alkanes) is 2. The van der Waals surface area contributed by atoms with Crippen molar-refractivity contribution < 1.29 is 48.1 Å². The van der Waals surface area contributed by atoms with Gasteiger partial charge in [0, 0.05) is 30.3 Å². The highest BCUT2D eigenvalue weighted by Gasteiger charge is 2.40. The highest BCUT2D eigenvalue weighted by atomic mass is 32.2. The lowest BCUT2D eigenvalue weighted by Crippen LogP contribution is -2.54. The lowest BCUT2D eigenvalue weighted by molar-refractivity contribution is -0.139. The van der Waals surface area contributed by atoms with Gasteiger partial charge in [0.1, 0.15) is 18.7 Å². The second-order valence-corrected chi connectivity index (χ2v) is 16.8. The van der Waals surface area contributed by atoms with Gasteiger partial charge in [-0.05, 0) is 64.2 Å². The van der Waals surface area contributed by atoms with E-state index >= 15 is 0 Å². The first-order chi connectivity index (χ1) is 26.8. The molecule has 2 rings (SSSR count). The molecule has 1 saturated heterocycles. The van der Waals surface area contributed by atoms with Crippen molar-refractivity contribution in [2.45, 2.75) is 161 Å². The number of nitrogens with one attached hydrogen (secondary N) is 4. The molecule has 0 aliphatic carbocycles. The van der Waals surface area contributed by atoms with Crippen LogP contribution in [-0.2, 0) is 44.8 Å². The first-order valence-corrected chi connectivity index (χ1v) is 21.0. The van der Waals surface area contributed by atoms with Gasteiger partial charge in [-0.15, -0.1) is 11.8 Å². The summed E-state index contributed by atoms with van der Waals surface area (Å²) in [4.78, 5) is 88.5. The van der Waals surface area contributed by atoms with Crippen molar-refractivity contribution >= 4 is 59.0 Å². The van der Waals surface area contributed by atoms with Gasteiger partial charge in [0.15, 0.2) is 0 Å². The SMILES string of the molecule is CCC(CC)SC1CC(=O)N(CCC(=O)NC(C)(C)COC(C)CC(=O)NC(C(=O)NC(C)C(=O)Nc2ccc(COC(=O)O)cc2)C(C)C)C1=O.CCCCC. The van der Waals surface area contributed by atoms with Crippen LogP contribution in [0.4, 0.5) is 10.5 Å². The third-order valence-corrected chi connectivity index (χ3v) is 10.8. The minimum Gasteiger partial charge on any atom is -0.450 e. The molecule has 0 aromatic heterocycles. The van der Waals surface area contributed by atoms with Crippen LogP contribution < -0.4 is 21.3 Å². The van der Waals surface area contributed by atoms with Crippen molar-refractivity contribution in [1.82, 2.24) is 20.9 Å². The highest BCUT2D eigenvalue weighted by Crippen LogP contribution is 2.31. The lowest BCUT2D eigenvalue weighted by Gasteiger charge is -2.28. The van der Waals surface area contributed by atoms with E-state index in [1.54, 1.807) is 58.9 Å². The van der Waals surface area contributed by atoms with Crippen LogP contribution in [-0.4, -0.2) is 99.0 Å². The van der Waals surface area contributed by atoms with Crippen molar-refractivity contribution in [3.8, 4) is 0 Å². The standard InChI is InChI=1S/C36H55N5O10S.C5H12/c1-9-26(10-2)52-27-18-30(44)41(34(27)47)16-15-28(42)40-36(7,8)20-51-22(5)17-29(43)39-31(21(3)4)33(46)37-23(6)32(45)38-25-13-11-24(12-14-25)19-50-35(48)49;1-3-5-4-2/h11-14,21-23,26-27,31H,9-10,15-20H2,1-8H3,(H,37,46)(H,38,45)(H,39,43)(H,40,42)(H,48,49);3-5H2,1-2H3. The number of nitrogens with zero attached hydrogens (tertiary/aromatic N) is 1. The molecule has 6 amide bonds. The molecule has 1 aromatic carbocycles. The van der Waals surface area contributed by atoms with Crippen LogP contribution in [0.3, 0.4) is 0 Å². The van der Waals surface area contributed by atoms with E-state index in [2.05, 4.69) is 53.7 Å². The summed E-state index contributed by atoms with van der Waals surface area (Å²) in [6.07, 6.45) is 3.98. The second-order valence-electron chi connectivity index (χ2n) is 15.3. The van der Waals surface area contributed by atoms with E-state index in [1.165, 1.54) is 42.8 Å². The number of carbonyl (C=O) groups is 7. The molecule has 1 aromatic rings. The number of ether oxygens (including phenoxy) is 2. The number of amides is 6. The van der Waals surface area contributed by atoms with Crippen molar-refractivity contribution in [2.75, 3.05) is 18.5 Å². The summed E-state index contributed by atoms with van der Waals surface area (Å²) in [5, 5.41) is 19.4. The average Bonchev–Trinajstić information content (AvgIpc) is 3.41. The summed E-state index contributed by atoms with van der Waals surface area (Å²) in [6, 6.07) is 4.49. The van der Waals surface area contributed by atoms with Crippen LogP contribution in [0.15, 0.2) is 24.3 Å². The number of imide groups is 1. The van der Waals surface area contributed by atoms with Crippen molar-refractivity contribution in [3.05, 3.63) is 29.8 Å². The zero-order valence-electron chi connectivity index (χ0n) is 35.5. The molecule has 322 valence electrons. The topological polar surface area (TPSA) is 210 Å². The Morgan fingerprint density at radius 1 is 0.912 bits per heavy atom. The van der Waals surface area contributed by atoms with E-state index in [0.29, 0.717) is 16.5 Å². The third kappa shape index (κ3) is 19.7. The summed E-state index contributed by atoms with van der Waals surface area (Å²) in [5.41, 5.74) is 0.212. The summed E-state index contributed by atoms with van der Waals surface area (Å²) < 4.78 is 10.4. The van der Waals surface area contributed by atoms with Gasteiger partial charge in [0.2, 0.25) is 35.4 Å². The third-order valence-electron chi connectivity index (χ3n) is 9.02. The molecule has 1 fully saturated rings. The zero-order chi connectivity index (χ0) is 43.3. The van der Waals surface area contributed by atoms with E-state index in [9.17, 15) is 33.6 Å². The van der Waals surface area contributed by atoms with Gasteiger partial charge in [-0.25, -0.2) is 4.79 Å². The Morgan fingerprint density at radius 2 is 1.53 bits per heavy atom. The Kier molecular flexibility index (Phi) is 23.1. The predicted molar refractivity (Wildman–Crippen MR) is 221 cm³/mol. The van der Waals surface area contributed by atoms with E-state index in [-0.39, 0.29) is 62.7 Å². The summed E-state index contributed by atoms with van der Waals surface area (Å²) in [6.45, 7) is 18.7. The smallest absolute Gasteiger partial charge is 0.450 e. The van der Waals surface area contributed by atoms with E-state index in [4.69, 9.17) is 9.84 Å². The van der Waals surface area contributed by atoms with Gasteiger partial charge in [0.25, 0.3) is 0 Å². The van der Waals surface area contributed by atoms with Crippen LogP contribution in [0, 0.1) is 5.92 Å². The maximum Gasteiger partial charge on any atom is 0.506 e. The zero-order valence-corrected chi connectivity index (χ0v) is 36.3. The van der Waals surface area contributed by atoms with Crippen LogP contribution in [0.5, 0.6) is 0 Å². The number of anilines is 1. The highest BCUT2D eigenvalue weighted by molar-refractivity contribution is 8.01. The number of hydrogen-bond acceptors (Lipinski definition) is 10. The molecule has 57 heavy (non-hydrogen) atoms. The summed E-state index contributed by atoms with van der Waals surface area (Å²) >= 11 is 1.53. The monoisotopic (exact) mass is 821 g/mol. The van der Waals surface area contributed by atoms with Gasteiger partial charge in [-0.2, -0.15) is 0 Å². The normalized spacial score (nSPS) is 15.6. The van der Waals surface area contributed by atoms with Crippen LogP contribution in [0.25, 0.3) is 0 Å². The molecule has 4 atom stereocenters. The predicted octanol–water partition coefficient (Wildman–Crippen LogP) is 5.79. The molecule has 1 aliphatic rings. The van der Waals surface area contributed by atoms with Gasteiger partial charge in [-0.1, -0.05) is 72.9 Å². The van der Waals surface area contributed by atoms with Crippen LogP contribution >= 0.6 is 11.8 Å². The number of carbonyl (C=O) groups excluding carboxylic acids is 6. The lowest BCUT2D eigenvalue weighted by atomic mass is 10.0. The fourth-order valence-electron chi connectivity index (χ4n) is 5.64. The Bertz CT molecular complexity index is 1470. The average molecular weight is 822 g/mol. The fraction of sp³-hybridized carbons (Fsp3) is 0.683. The molecule has 4 unspecified atom stereocenters. The molecule has 5 N–H and O–H groups in total. The first kappa shape index (κ1) is 50.8. The van der Waals surface area contributed by atoms with Gasteiger partial charge in [0.05, 0.1) is 29.9 Å². The largest absolute Gasteiger partial charge is 0.506 e. The number of hydrogen-bond donors (Lipinski definition) is 5. The van der Waals surface area contributed by atoms with Gasteiger partial charge in [-0.3, -0.25) is 33.7 Å². The number of thioether (sulfide) groups is 1. The van der Waals surface area contributed by atoms with Gasteiger partial charge < -0.3 is 35.8 Å². The van der Waals surface area contributed by atoms with Crippen molar-refractivity contribution in [1.29, 1.82) is 0 Å². The second kappa shape index (κ2) is 25.9. The molecule has 15 nitrogen and oxygen atoms in total. The minimum absolute atomic E-state index is 0.00654. The van der Waals surface area contributed by atoms with Crippen molar-refractivity contribution in [3.63, 3.8) is 0 Å². The Morgan fingerprint density at radius 3 is 2.05 bits per heavy atom. The Balaban J connectivity index is 0.00000304. The maximum atomic E-state index is 13.1. The fourth-order valence-corrected chi connectivity index (χ4v) is 6.97.